The Morgan fingerprint density at radius 2 is 1.80 bits per heavy atom. The van der Waals surface area contributed by atoms with E-state index in [1.54, 1.807) is 32.0 Å². The maximum absolute atomic E-state index is 13.4. The van der Waals surface area contributed by atoms with Crippen LogP contribution in [-0.4, -0.2) is 21.7 Å². The van der Waals surface area contributed by atoms with E-state index in [9.17, 15) is 18.3 Å². The van der Waals surface area contributed by atoms with Crippen molar-refractivity contribution >= 4 is 0 Å². The second-order valence-electron chi connectivity index (χ2n) is 6.01. The molecule has 0 saturated carbocycles. The predicted octanol–water partition coefficient (Wildman–Crippen LogP) is 4.19. The summed E-state index contributed by atoms with van der Waals surface area (Å²) >= 11 is 0. The van der Waals surface area contributed by atoms with Crippen LogP contribution in [-0.2, 0) is 6.18 Å². The van der Waals surface area contributed by atoms with E-state index in [0.717, 1.165) is 0 Å². The van der Waals surface area contributed by atoms with E-state index in [1.807, 2.05) is 0 Å². The van der Waals surface area contributed by atoms with Gasteiger partial charge < -0.3 is 9.84 Å². The lowest BCUT2D eigenvalue weighted by Gasteiger charge is -2.17. The second-order valence-corrected chi connectivity index (χ2v) is 6.01. The molecule has 1 aromatic carbocycles. The minimum atomic E-state index is -4.80. The Kier molecular flexibility index (Phi) is 5.16. The van der Waals surface area contributed by atoms with Gasteiger partial charge in [-0.05, 0) is 25.8 Å². The van der Waals surface area contributed by atoms with Crippen molar-refractivity contribution in [2.24, 2.45) is 5.41 Å². The first-order valence-electron chi connectivity index (χ1n) is 7.42. The fraction of sp³-hybridized carbons (Fsp3) is 0.353. The highest BCUT2D eigenvalue weighted by Crippen LogP contribution is 2.40. The average molecular weight is 351 g/mol. The molecule has 2 aromatic rings. The van der Waals surface area contributed by atoms with Crippen molar-refractivity contribution in [1.29, 1.82) is 5.26 Å². The maximum Gasteiger partial charge on any atom is 0.434 e. The molecule has 0 aliphatic heterocycles. The van der Waals surface area contributed by atoms with E-state index in [2.05, 4.69) is 16.0 Å². The van der Waals surface area contributed by atoms with E-state index in [0.29, 0.717) is 0 Å². The van der Waals surface area contributed by atoms with Crippen LogP contribution in [0, 0.1) is 16.7 Å². The number of nitrogens with zero attached hydrogens (tertiary/aromatic N) is 3. The first kappa shape index (κ1) is 18.5. The molecule has 0 bridgehead atoms. The highest BCUT2D eigenvalue weighted by atomic mass is 19.4. The van der Waals surface area contributed by atoms with E-state index >= 15 is 0 Å². The molecule has 25 heavy (non-hydrogen) atoms. The van der Waals surface area contributed by atoms with Gasteiger partial charge >= 0.3 is 12.2 Å². The van der Waals surface area contributed by atoms with Crippen molar-refractivity contribution in [3.63, 3.8) is 0 Å². The monoisotopic (exact) mass is 351 g/mol. The third-order valence-electron chi connectivity index (χ3n) is 3.46. The summed E-state index contributed by atoms with van der Waals surface area (Å²) in [4.78, 5) is 7.03. The number of hydrogen-bond donors (Lipinski definition) is 1. The maximum atomic E-state index is 13.4. The molecule has 0 amide bonds. The first-order valence-corrected chi connectivity index (χ1v) is 7.42. The lowest BCUT2D eigenvalue weighted by Crippen LogP contribution is -2.16. The topological polar surface area (TPSA) is 79.0 Å². The van der Waals surface area contributed by atoms with Gasteiger partial charge in [0.25, 0.3) is 0 Å². The van der Waals surface area contributed by atoms with Gasteiger partial charge in [-0.1, -0.05) is 30.3 Å². The number of nitriles is 1. The number of rotatable bonds is 5. The molecule has 0 spiro atoms. The molecule has 5 nitrogen and oxygen atoms in total. The number of alkyl halides is 3. The van der Waals surface area contributed by atoms with Crippen molar-refractivity contribution in [3.8, 4) is 29.1 Å². The van der Waals surface area contributed by atoms with Gasteiger partial charge in [0.2, 0.25) is 5.88 Å². The van der Waals surface area contributed by atoms with Crippen LogP contribution < -0.4 is 4.74 Å². The summed E-state index contributed by atoms with van der Waals surface area (Å²) in [5.41, 5.74) is -2.33. The molecule has 2 rings (SSSR count). The Balaban J connectivity index is 2.37. The molecular weight excluding hydrogens is 335 g/mol. The van der Waals surface area contributed by atoms with Gasteiger partial charge in [-0.15, -0.1) is 0 Å². The van der Waals surface area contributed by atoms with Crippen LogP contribution in [0.5, 0.6) is 11.9 Å². The van der Waals surface area contributed by atoms with Crippen LogP contribution in [0.25, 0.3) is 11.1 Å². The summed E-state index contributed by atoms with van der Waals surface area (Å²) in [5, 5.41) is 18.9. The zero-order valence-electron chi connectivity index (χ0n) is 13.6. The molecular formula is C17H16F3N3O2. The van der Waals surface area contributed by atoms with Crippen molar-refractivity contribution in [1.82, 2.24) is 9.97 Å². The van der Waals surface area contributed by atoms with Gasteiger partial charge in [-0.25, -0.2) is 0 Å². The molecule has 0 unspecified atom stereocenters. The Labute approximate surface area is 142 Å². The van der Waals surface area contributed by atoms with Gasteiger partial charge in [0.05, 0.1) is 23.7 Å². The fourth-order valence-corrected chi connectivity index (χ4v) is 2.02. The van der Waals surface area contributed by atoms with Crippen molar-refractivity contribution in [2.75, 3.05) is 6.61 Å². The summed E-state index contributed by atoms with van der Waals surface area (Å²) in [5.74, 6) is -0.817. The molecule has 0 atom stereocenters. The molecule has 0 aliphatic rings. The molecule has 1 N–H and O–H groups in total. The summed E-state index contributed by atoms with van der Waals surface area (Å²) in [6.07, 6.45) is -4.52. The number of ether oxygens (including phenoxy) is 1. The SMILES string of the molecule is CC(C)(C#N)CCOc1nc(O)c(-c2ccccc2)c(C(F)(F)F)n1. The second kappa shape index (κ2) is 6.97. The van der Waals surface area contributed by atoms with Gasteiger partial charge in [0, 0.05) is 0 Å². The van der Waals surface area contributed by atoms with Gasteiger partial charge in [0.15, 0.2) is 5.69 Å². The first-order chi connectivity index (χ1) is 11.6. The van der Waals surface area contributed by atoms with E-state index in [-0.39, 0.29) is 18.6 Å². The van der Waals surface area contributed by atoms with Crippen molar-refractivity contribution in [2.45, 2.75) is 26.4 Å². The van der Waals surface area contributed by atoms with Crippen LogP contribution >= 0.6 is 0 Å². The Hall–Kier alpha value is -2.82. The van der Waals surface area contributed by atoms with E-state index in [1.165, 1.54) is 12.1 Å². The summed E-state index contributed by atoms with van der Waals surface area (Å²) in [7, 11) is 0. The molecule has 0 radical (unpaired) electrons. The highest BCUT2D eigenvalue weighted by Gasteiger charge is 2.38. The van der Waals surface area contributed by atoms with Gasteiger partial charge in [-0.3, -0.25) is 0 Å². The van der Waals surface area contributed by atoms with Crippen LogP contribution in [0.15, 0.2) is 30.3 Å². The van der Waals surface area contributed by atoms with Gasteiger partial charge in [-0.2, -0.15) is 28.4 Å². The summed E-state index contributed by atoms with van der Waals surface area (Å²) in [6, 6.07) is 9.04. The molecule has 132 valence electrons. The lowest BCUT2D eigenvalue weighted by atomic mass is 9.92. The fourth-order valence-electron chi connectivity index (χ4n) is 2.02. The smallest absolute Gasteiger partial charge is 0.434 e. The van der Waals surface area contributed by atoms with E-state index < -0.39 is 34.7 Å². The van der Waals surface area contributed by atoms with Crippen LogP contribution in [0.2, 0.25) is 0 Å². The largest absolute Gasteiger partial charge is 0.493 e. The summed E-state index contributed by atoms with van der Waals surface area (Å²) in [6.45, 7) is 3.30. The highest BCUT2D eigenvalue weighted by molar-refractivity contribution is 5.71. The van der Waals surface area contributed by atoms with Crippen molar-refractivity contribution < 1.29 is 23.0 Å². The van der Waals surface area contributed by atoms with Crippen molar-refractivity contribution in [3.05, 3.63) is 36.0 Å². The van der Waals surface area contributed by atoms with Crippen LogP contribution in [0.4, 0.5) is 13.2 Å². The Morgan fingerprint density at radius 1 is 1.16 bits per heavy atom. The molecule has 8 heteroatoms. The van der Waals surface area contributed by atoms with Crippen LogP contribution in [0.1, 0.15) is 26.0 Å². The zero-order valence-corrected chi connectivity index (χ0v) is 13.6. The summed E-state index contributed by atoms with van der Waals surface area (Å²) < 4.78 is 45.2. The molecule has 0 aliphatic carbocycles. The Morgan fingerprint density at radius 3 is 2.36 bits per heavy atom. The average Bonchev–Trinajstić information content (AvgIpc) is 2.54. The quantitative estimate of drug-likeness (QED) is 0.874. The molecule has 0 fully saturated rings. The molecule has 0 saturated heterocycles. The Bertz CT molecular complexity index is 784. The third kappa shape index (κ3) is 4.59. The number of hydrogen-bond acceptors (Lipinski definition) is 5. The van der Waals surface area contributed by atoms with Gasteiger partial charge in [0.1, 0.15) is 0 Å². The van der Waals surface area contributed by atoms with E-state index in [4.69, 9.17) is 10.00 Å². The molecule has 1 heterocycles. The minimum absolute atomic E-state index is 0.0536. The number of benzene rings is 1. The van der Waals surface area contributed by atoms with Crippen LogP contribution in [0.3, 0.4) is 0 Å². The standard InChI is InChI=1S/C17H16F3N3O2/c1-16(2,10-21)8-9-25-15-22-13(17(18,19)20)12(14(24)23-15)11-6-4-3-5-7-11/h3-7H,8-9H2,1-2H3,(H,22,23,24). The number of aromatic nitrogens is 2. The zero-order chi connectivity index (χ0) is 18.7. The normalized spacial score (nSPS) is 11.8. The lowest BCUT2D eigenvalue weighted by molar-refractivity contribution is -0.141. The predicted molar refractivity (Wildman–Crippen MR) is 83.6 cm³/mol. The number of halogens is 3. The molecule has 1 aromatic heterocycles. The third-order valence-corrected chi connectivity index (χ3v) is 3.46. The minimum Gasteiger partial charge on any atom is -0.493 e. The number of aromatic hydroxyl groups is 1.